The van der Waals surface area contributed by atoms with Crippen LogP contribution in [0, 0.1) is 13.8 Å². The number of benzene rings is 1. The molecule has 1 N–H and O–H groups in total. The summed E-state index contributed by atoms with van der Waals surface area (Å²) in [5.41, 5.74) is 1.37. The molecule has 3 rings (SSSR count). The Balaban J connectivity index is 1.91. The average molecular weight is 341 g/mol. The minimum atomic E-state index is -1.06. The summed E-state index contributed by atoms with van der Waals surface area (Å²) in [6, 6.07) is 7.53. The molecule has 0 fully saturated rings. The number of aromatic nitrogens is 1. The van der Waals surface area contributed by atoms with Gasteiger partial charge in [-0.25, -0.2) is 4.79 Å². The minimum absolute atomic E-state index is 0.181. The van der Waals surface area contributed by atoms with Gasteiger partial charge in [0.05, 0.1) is 18.5 Å². The first-order valence-corrected chi connectivity index (χ1v) is 7.98. The summed E-state index contributed by atoms with van der Waals surface area (Å²) in [5.74, 6) is -0.412. The molecule has 1 aromatic carbocycles. The zero-order valence-corrected chi connectivity index (χ0v) is 14.1. The highest BCUT2D eigenvalue weighted by Crippen LogP contribution is 2.29. The van der Waals surface area contributed by atoms with E-state index in [0.29, 0.717) is 30.0 Å². The van der Waals surface area contributed by atoms with Gasteiger partial charge in [-0.3, -0.25) is 4.79 Å². The first-order chi connectivity index (χ1) is 12.0. The van der Waals surface area contributed by atoms with Gasteiger partial charge in [0.2, 0.25) is 0 Å². The van der Waals surface area contributed by atoms with E-state index in [0.717, 1.165) is 10.9 Å². The molecule has 2 heterocycles. The lowest BCUT2D eigenvalue weighted by molar-refractivity contribution is -0.136. The summed E-state index contributed by atoms with van der Waals surface area (Å²) in [6.07, 6.45) is 3.57. The Labute approximate surface area is 144 Å². The van der Waals surface area contributed by atoms with Crippen LogP contribution in [0.1, 0.15) is 16.7 Å². The van der Waals surface area contributed by atoms with E-state index in [-0.39, 0.29) is 12.0 Å². The van der Waals surface area contributed by atoms with Crippen LogP contribution in [0.4, 0.5) is 0 Å². The molecule has 0 aliphatic rings. The molecule has 6 heteroatoms. The van der Waals surface area contributed by atoms with Gasteiger partial charge in [0, 0.05) is 23.3 Å². The van der Waals surface area contributed by atoms with Crippen molar-refractivity contribution in [2.75, 3.05) is 6.61 Å². The summed E-state index contributed by atoms with van der Waals surface area (Å²) < 4.78 is 13.2. The van der Waals surface area contributed by atoms with E-state index < -0.39 is 11.6 Å². The van der Waals surface area contributed by atoms with Gasteiger partial charge in [0.1, 0.15) is 17.9 Å². The number of rotatable bonds is 6. The molecule has 0 spiro atoms. The summed E-state index contributed by atoms with van der Waals surface area (Å²) in [5, 5.41) is 9.69. The molecule has 0 bridgehead atoms. The molecular formula is C19H19NO5. The Morgan fingerprint density at radius 3 is 2.60 bits per heavy atom. The number of carboxylic acid groups (broad SMARTS) is 1. The van der Waals surface area contributed by atoms with Crippen LogP contribution in [0.15, 0.2) is 45.9 Å². The normalized spacial score (nSPS) is 11.0. The summed E-state index contributed by atoms with van der Waals surface area (Å²) in [4.78, 5) is 23.1. The molecule has 0 saturated heterocycles. The third-order valence-electron chi connectivity index (χ3n) is 4.26. The van der Waals surface area contributed by atoms with E-state index in [9.17, 15) is 9.59 Å². The van der Waals surface area contributed by atoms with E-state index in [1.54, 1.807) is 13.0 Å². The third kappa shape index (κ3) is 3.42. The first-order valence-electron chi connectivity index (χ1n) is 7.98. The molecule has 0 unspecified atom stereocenters. The van der Waals surface area contributed by atoms with Gasteiger partial charge in [0.15, 0.2) is 0 Å². The molecule has 0 saturated carbocycles. The summed E-state index contributed by atoms with van der Waals surface area (Å²) in [7, 11) is 0. The Bertz CT molecular complexity index is 970. The highest BCUT2D eigenvalue weighted by atomic mass is 16.5. The molecule has 25 heavy (non-hydrogen) atoms. The largest absolute Gasteiger partial charge is 0.491 e. The molecule has 3 aromatic rings. The zero-order chi connectivity index (χ0) is 18.0. The van der Waals surface area contributed by atoms with Crippen molar-refractivity contribution in [3.8, 4) is 5.75 Å². The van der Waals surface area contributed by atoms with Gasteiger partial charge in [-0.1, -0.05) is 0 Å². The highest BCUT2D eigenvalue weighted by molar-refractivity contribution is 5.86. The lowest BCUT2D eigenvalue weighted by Crippen LogP contribution is -2.15. The third-order valence-corrected chi connectivity index (χ3v) is 4.26. The standard InChI is InChI=1S/C19H19NO5/c1-12-14-5-6-16(24-10-9-20-7-3-4-8-20)13(2)18(14)25-19(23)15(12)11-17(21)22/h3-8H,9-11H2,1-2H3,(H,21,22). The van der Waals surface area contributed by atoms with E-state index >= 15 is 0 Å². The van der Waals surface area contributed by atoms with Crippen molar-refractivity contribution in [1.29, 1.82) is 0 Å². The van der Waals surface area contributed by atoms with Crippen LogP contribution in [-0.2, 0) is 17.8 Å². The smallest absolute Gasteiger partial charge is 0.340 e. The summed E-state index contributed by atoms with van der Waals surface area (Å²) >= 11 is 0. The second kappa shape index (κ2) is 6.84. The number of nitrogens with zero attached hydrogens (tertiary/aromatic N) is 1. The van der Waals surface area contributed by atoms with Crippen LogP contribution in [0.25, 0.3) is 11.0 Å². The van der Waals surface area contributed by atoms with E-state index in [1.165, 1.54) is 0 Å². The number of carbonyl (C=O) groups is 1. The maximum Gasteiger partial charge on any atom is 0.340 e. The van der Waals surface area contributed by atoms with Crippen LogP contribution >= 0.6 is 0 Å². The number of aliphatic carboxylic acids is 1. The fourth-order valence-electron chi connectivity index (χ4n) is 2.86. The van der Waals surface area contributed by atoms with Crippen molar-refractivity contribution in [3.63, 3.8) is 0 Å². The number of hydrogen-bond donors (Lipinski definition) is 1. The number of hydrogen-bond acceptors (Lipinski definition) is 4. The monoisotopic (exact) mass is 341 g/mol. The minimum Gasteiger partial charge on any atom is -0.491 e. The molecule has 6 nitrogen and oxygen atoms in total. The maximum absolute atomic E-state index is 12.1. The van der Waals surface area contributed by atoms with Gasteiger partial charge < -0.3 is 18.8 Å². The van der Waals surface area contributed by atoms with Crippen LogP contribution in [-0.4, -0.2) is 22.2 Å². The van der Waals surface area contributed by atoms with E-state index in [1.807, 2.05) is 42.1 Å². The second-order valence-electron chi connectivity index (χ2n) is 5.90. The Morgan fingerprint density at radius 2 is 1.92 bits per heavy atom. The van der Waals surface area contributed by atoms with Gasteiger partial charge in [-0.2, -0.15) is 0 Å². The molecule has 0 aliphatic carbocycles. The fraction of sp³-hybridized carbons (Fsp3) is 0.263. The average Bonchev–Trinajstić information content (AvgIpc) is 3.07. The zero-order valence-electron chi connectivity index (χ0n) is 14.1. The Hall–Kier alpha value is -3.02. The molecule has 2 aromatic heterocycles. The predicted octanol–water partition coefficient (Wildman–Crippen LogP) is 2.92. The lowest BCUT2D eigenvalue weighted by Gasteiger charge is -2.13. The Kier molecular flexibility index (Phi) is 4.61. The molecule has 0 aliphatic heterocycles. The van der Waals surface area contributed by atoms with Crippen molar-refractivity contribution >= 4 is 16.9 Å². The fourth-order valence-corrected chi connectivity index (χ4v) is 2.86. The molecule has 0 radical (unpaired) electrons. The van der Waals surface area contributed by atoms with Gasteiger partial charge in [0.25, 0.3) is 0 Å². The lowest BCUT2D eigenvalue weighted by atomic mass is 10.0. The number of carboxylic acids is 1. The number of fused-ring (bicyclic) bond motifs is 1. The molecular weight excluding hydrogens is 322 g/mol. The van der Waals surface area contributed by atoms with Crippen LogP contribution < -0.4 is 10.4 Å². The van der Waals surface area contributed by atoms with E-state index in [2.05, 4.69) is 0 Å². The molecule has 0 amide bonds. The topological polar surface area (TPSA) is 81.7 Å². The van der Waals surface area contributed by atoms with Crippen molar-refractivity contribution in [3.05, 3.63) is 63.8 Å². The van der Waals surface area contributed by atoms with Gasteiger partial charge >= 0.3 is 11.6 Å². The Morgan fingerprint density at radius 1 is 1.20 bits per heavy atom. The quantitative estimate of drug-likeness (QED) is 0.697. The first kappa shape index (κ1) is 16.8. The van der Waals surface area contributed by atoms with Gasteiger partial charge in [-0.05, 0) is 43.7 Å². The molecule has 130 valence electrons. The molecule has 0 atom stereocenters. The van der Waals surface area contributed by atoms with Crippen LogP contribution in [0.5, 0.6) is 5.75 Å². The van der Waals surface area contributed by atoms with E-state index in [4.69, 9.17) is 14.3 Å². The number of ether oxygens (including phenoxy) is 1. The highest BCUT2D eigenvalue weighted by Gasteiger charge is 2.17. The van der Waals surface area contributed by atoms with Crippen LogP contribution in [0.3, 0.4) is 0 Å². The van der Waals surface area contributed by atoms with Crippen LogP contribution in [0.2, 0.25) is 0 Å². The number of aryl methyl sites for hydroxylation is 2. The second-order valence-corrected chi connectivity index (χ2v) is 5.90. The summed E-state index contributed by atoms with van der Waals surface area (Å²) in [6.45, 7) is 4.77. The predicted molar refractivity (Wildman–Crippen MR) is 93.2 cm³/mol. The van der Waals surface area contributed by atoms with Crippen molar-refractivity contribution in [2.24, 2.45) is 0 Å². The van der Waals surface area contributed by atoms with Gasteiger partial charge in [-0.15, -0.1) is 0 Å². The SMILES string of the molecule is Cc1c(CC(=O)O)c(=O)oc2c(C)c(OCCn3cccc3)ccc12. The van der Waals surface area contributed by atoms with Crippen molar-refractivity contribution in [1.82, 2.24) is 4.57 Å². The van der Waals surface area contributed by atoms with Crippen molar-refractivity contribution in [2.45, 2.75) is 26.8 Å². The van der Waals surface area contributed by atoms with Crippen molar-refractivity contribution < 1.29 is 19.1 Å². The maximum atomic E-state index is 12.1.